The number of carbonyl (C=O) groups excluding carboxylic acids is 3. The van der Waals surface area contributed by atoms with E-state index >= 15 is 0 Å². The Hall–Kier alpha value is -3.38. The van der Waals surface area contributed by atoms with Crippen LogP contribution in [0.15, 0.2) is 30.6 Å². The Morgan fingerprint density at radius 3 is 2.58 bits per heavy atom. The number of hydrogen-bond acceptors (Lipinski definition) is 10. The first-order chi connectivity index (χ1) is 20.5. The van der Waals surface area contributed by atoms with Gasteiger partial charge >= 0.3 is 12.1 Å². The minimum atomic E-state index is -1.09. The van der Waals surface area contributed by atoms with E-state index < -0.39 is 35.2 Å². The summed E-state index contributed by atoms with van der Waals surface area (Å²) in [7, 11) is 1.66. The molecular formula is C31H46N6O6. The summed E-state index contributed by atoms with van der Waals surface area (Å²) >= 11 is 0. The lowest BCUT2D eigenvalue weighted by Gasteiger charge is -2.36. The predicted octanol–water partition coefficient (Wildman–Crippen LogP) is 3.65. The molecule has 6 atom stereocenters. The largest absolute Gasteiger partial charge is 0.461 e. The Balaban J connectivity index is 1.44. The van der Waals surface area contributed by atoms with Crippen molar-refractivity contribution in [1.82, 2.24) is 30.2 Å². The molecule has 0 radical (unpaired) electrons. The lowest BCUT2D eigenvalue weighted by Crippen LogP contribution is -2.57. The Kier molecular flexibility index (Phi) is 10.5. The van der Waals surface area contributed by atoms with E-state index in [0.29, 0.717) is 38.2 Å². The van der Waals surface area contributed by atoms with Crippen LogP contribution in [0.1, 0.15) is 66.7 Å². The summed E-state index contributed by atoms with van der Waals surface area (Å²) in [4.78, 5) is 45.4. The number of fused-ring (bicyclic) bond motifs is 1. The predicted molar refractivity (Wildman–Crippen MR) is 159 cm³/mol. The topological polar surface area (TPSA) is 138 Å². The van der Waals surface area contributed by atoms with Crippen LogP contribution < -0.4 is 5.32 Å². The lowest BCUT2D eigenvalue weighted by molar-refractivity contribution is -0.158. The molecule has 0 saturated carbocycles. The average Bonchev–Trinajstić information content (AvgIpc) is 3.57. The molecule has 2 aliphatic rings. The van der Waals surface area contributed by atoms with Gasteiger partial charge in [0.2, 0.25) is 0 Å². The number of esters is 1. The van der Waals surface area contributed by atoms with Gasteiger partial charge in [0.25, 0.3) is 0 Å². The molecule has 4 heterocycles. The molecule has 0 aliphatic carbocycles. The van der Waals surface area contributed by atoms with E-state index in [9.17, 15) is 14.4 Å². The molecule has 1 N–H and O–H groups in total. The molecule has 2 aromatic rings. The lowest BCUT2D eigenvalue weighted by atomic mass is 9.83. The third-order valence-corrected chi connectivity index (χ3v) is 8.84. The molecule has 12 nitrogen and oxygen atoms in total. The maximum Gasteiger partial charge on any atom is 0.410 e. The summed E-state index contributed by atoms with van der Waals surface area (Å²) in [5.41, 5.74) is -0.113. The van der Waals surface area contributed by atoms with E-state index in [2.05, 4.69) is 20.6 Å². The van der Waals surface area contributed by atoms with Crippen LogP contribution in [0.3, 0.4) is 0 Å². The maximum absolute atomic E-state index is 13.2. The highest BCUT2D eigenvalue weighted by molar-refractivity contribution is 5.99. The molecule has 4 rings (SSSR count). The van der Waals surface area contributed by atoms with Gasteiger partial charge in [-0.15, -0.1) is 5.10 Å². The van der Waals surface area contributed by atoms with Gasteiger partial charge in [-0.2, -0.15) is 0 Å². The summed E-state index contributed by atoms with van der Waals surface area (Å²) in [6.07, 6.45) is 6.69. The van der Waals surface area contributed by atoms with Crippen molar-refractivity contribution in [3.05, 3.63) is 30.6 Å². The van der Waals surface area contributed by atoms with Crippen LogP contribution in [0.4, 0.5) is 4.79 Å². The number of pyridine rings is 1. The van der Waals surface area contributed by atoms with Gasteiger partial charge in [-0.05, 0) is 78.5 Å². The van der Waals surface area contributed by atoms with Gasteiger partial charge in [-0.1, -0.05) is 18.2 Å². The number of methoxy groups -OCH3 is 1. The molecule has 2 aliphatic heterocycles. The second-order valence-corrected chi connectivity index (χ2v) is 12.4. The van der Waals surface area contributed by atoms with Crippen molar-refractivity contribution in [2.24, 2.45) is 11.8 Å². The van der Waals surface area contributed by atoms with Crippen LogP contribution in [0.2, 0.25) is 0 Å². The number of hydrogen-bond donors (Lipinski definition) is 1. The van der Waals surface area contributed by atoms with E-state index in [-0.39, 0.29) is 24.3 Å². The van der Waals surface area contributed by atoms with Crippen molar-refractivity contribution in [1.29, 1.82) is 0 Å². The van der Waals surface area contributed by atoms with E-state index in [1.165, 1.54) is 0 Å². The van der Waals surface area contributed by atoms with Crippen LogP contribution >= 0.6 is 0 Å². The van der Waals surface area contributed by atoms with E-state index in [4.69, 9.17) is 14.2 Å². The van der Waals surface area contributed by atoms with E-state index in [1.54, 1.807) is 36.7 Å². The number of rotatable bonds is 7. The van der Waals surface area contributed by atoms with Crippen LogP contribution in [-0.2, 0) is 30.3 Å². The summed E-state index contributed by atoms with van der Waals surface area (Å²) < 4.78 is 19.2. The second-order valence-electron chi connectivity index (χ2n) is 12.4. The molecule has 4 unspecified atom stereocenters. The first kappa shape index (κ1) is 32.5. The second kappa shape index (κ2) is 13.9. The highest BCUT2D eigenvalue weighted by Gasteiger charge is 2.54. The fourth-order valence-corrected chi connectivity index (χ4v) is 6.32. The highest BCUT2D eigenvalue weighted by atomic mass is 16.6. The maximum atomic E-state index is 13.2. The molecule has 12 heteroatoms. The van der Waals surface area contributed by atoms with Crippen molar-refractivity contribution in [2.45, 2.75) is 96.6 Å². The molecule has 2 aromatic heterocycles. The number of cyclic esters (lactones) is 1. The van der Waals surface area contributed by atoms with Crippen LogP contribution in [-0.4, -0.2) is 92.8 Å². The summed E-state index contributed by atoms with van der Waals surface area (Å²) in [6.45, 7) is 10.9. The molecule has 236 valence electrons. The minimum Gasteiger partial charge on any atom is -0.461 e. The first-order valence-electron chi connectivity index (χ1n) is 15.3. The monoisotopic (exact) mass is 598 g/mol. The third-order valence-electron chi connectivity index (χ3n) is 8.84. The number of carbonyl (C=O) groups is 3. The Morgan fingerprint density at radius 1 is 1.09 bits per heavy atom. The van der Waals surface area contributed by atoms with Gasteiger partial charge in [0.15, 0.2) is 5.60 Å². The van der Waals surface area contributed by atoms with Crippen molar-refractivity contribution in [3.8, 4) is 11.4 Å². The number of ether oxygens (including phenoxy) is 3. The molecule has 1 amide bonds. The molecule has 0 spiro atoms. The number of aryl methyl sites for hydroxylation is 1. The van der Waals surface area contributed by atoms with Crippen molar-refractivity contribution in [3.63, 3.8) is 0 Å². The zero-order valence-electron chi connectivity index (χ0n) is 26.2. The highest BCUT2D eigenvalue weighted by Crippen LogP contribution is 2.34. The van der Waals surface area contributed by atoms with Crippen molar-refractivity contribution >= 4 is 17.8 Å². The zero-order chi connectivity index (χ0) is 31.2. The zero-order valence-corrected chi connectivity index (χ0v) is 26.2. The average molecular weight is 599 g/mol. The fourth-order valence-electron chi connectivity index (χ4n) is 6.32. The Bertz CT molecular complexity index is 1260. The van der Waals surface area contributed by atoms with Gasteiger partial charge in [-0.3, -0.25) is 24.2 Å². The smallest absolute Gasteiger partial charge is 0.410 e. The molecular weight excluding hydrogens is 552 g/mol. The van der Waals surface area contributed by atoms with Gasteiger partial charge in [-0.25, -0.2) is 4.79 Å². The summed E-state index contributed by atoms with van der Waals surface area (Å²) in [5, 5.41) is 12.0. The van der Waals surface area contributed by atoms with Gasteiger partial charge in [0, 0.05) is 38.4 Å². The summed E-state index contributed by atoms with van der Waals surface area (Å²) in [6, 6.07) is 5.11. The van der Waals surface area contributed by atoms with Gasteiger partial charge < -0.3 is 19.5 Å². The molecule has 0 aromatic carbocycles. The number of unbranched alkanes of at least 4 members (excludes halogenated alkanes) is 1. The Labute approximate surface area is 253 Å². The summed E-state index contributed by atoms with van der Waals surface area (Å²) in [5.74, 6) is -2.09. The number of nitrogens with zero attached hydrogens (tertiary/aromatic N) is 5. The standard InChI is InChI=1S/C31H46N6O6/c1-21-18-30(4,41-6)13-11-15-32-23(3)27-31(5,20-42-28(39)22(2)26(21)38)43-29(40)37(27)17-10-9-16-36-19-25(34-35-36)24-12-7-8-14-33-24/h7-8,12,14,19,21-23,27,32H,9-11,13,15-18,20H2,1-6H3/t21?,22?,23?,27?,30-,31-/m1/s1. The molecule has 2 fully saturated rings. The quantitative estimate of drug-likeness (QED) is 0.286. The number of nitrogens with one attached hydrogen (secondary N) is 1. The van der Waals surface area contributed by atoms with Crippen molar-refractivity contribution < 1.29 is 28.6 Å². The van der Waals surface area contributed by atoms with E-state index in [1.807, 2.05) is 45.2 Å². The number of Topliss-reactive ketones (excluding diaryl/α,β-unsaturated/α-hetero) is 1. The van der Waals surface area contributed by atoms with Crippen LogP contribution in [0.5, 0.6) is 0 Å². The number of amides is 1. The third kappa shape index (κ3) is 7.77. The number of ketones is 1. The van der Waals surface area contributed by atoms with Crippen molar-refractivity contribution in [2.75, 3.05) is 26.8 Å². The van der Waals surface area contributed by atoms with Crippen LogP contribution in [0.25, 0.3) is 11.4 Å². The van der Waals surface area contributed by atoms with Gasteiger partial charge in [0.05, 0.1) is 23.5 Å². The van der Waals surface area contributed by atoms with Crippen LogP contribution in [0, 0.1) is 11.8 Å². The normalized spacial score (nSPS) is 31.1. The minimum absolute atomic E-state index is 0.137. The van der Waals surface area contributed by atoms with Gasteiger partial charge in [0.1, 0.15) is 24.0 Å². The SMILES string of the molecule is CO[C@]1(C)CCCNC(C)C2N(CCCCn3cc(-c4ccccn4)nn3)C(=O)O[C@]2(C)COC(=O)C(C)C(=O)C(C)C1. The molecule has 0 bridgehead atoms. The fraction of sp³-hybridized carbons (Fsp3) is 0.677. The number of aromatic nitrogens is 4. The molecule has 43 heavy (non-hydrogen) atoms. The van der Waals surface area contributed by atoms with E-state index in [0.717, 1.165) is 25.0 Å². The molecule has 2 saturated heterocycles. The first-order valence-corrected chi connectivity index (χ1v) is 15.3. The Morgan fingerprint density at radius 2 is 1.86 bits per heavy atom.